The first-order valence-electron chi connectivity index (χ1n) is 6.27. The second-order valence-corrected chi connectivity index (χ2v) is 5.21. The third-order valence-electron chi connectivity index (χ3n) is 3.67. The average molecular weight is 245 g/mol. The van der Waals surface area contributed by atoms with Crippen molar-refractivity contribution in [1.82, 2.24) is 9.97 Å². The predicted molar refractivity (Wildman–Crippen MR) is 68.4 cm³/mol. The van der Waals surface area contributed by atoms with Crippen LogP contribution in [0, 0.1) is 0 Å². The van der Waals surface area contributed by atoms with Crippen LogP contribution in [0.5, 0.6) is 0 Å². The summed E-state index contributed by atoms with van der Waals surface area (Å²) in [6.07, 6.45) is 4.23. The molecule has 2 aromatic heterocycles. The van der Waals surface area contributed by atoms with Crippen molar-refractivity contribution in [3.05, 3.63) is 11.8 Å². The predicted octanol–water partition coefficient (Wildman–Crippen LogP) is 0.830. The first kappa shape index (κ1) is 10.1. The minimum Gasteiger partial charge on any atom is -0.458 e. The lowest BCUT2D eigenvalue weighted by molar-refractivity contribution is 0.510. The Hall–Kier alpha value is -1.82. The molecule has 0 spiro atoms. The highest BCUT2D eigenvalue weighted by molar-refractivity contribution is 5.88. The smallest absolute Gasteiger partial charge is 0.222 e. The third kappa shape index (κ3) is 1.38. The van der Waals surface area contributed by atoms with Crippen LogP contribution in [0.1, 0.15) is 24.3 Å². The summed E-state index contributed by atoms with van der Waals surface area (Å²) >= 11 is 0. The molecule has 0 amide bonds. The Kier molecular flexibility index (Phi) is 1.89. The lowest BCUT2D eigenvalue weighted by Gasteiger charge is -2.37. The highest BCUT2D eigenvalue weighted by Gasteiger charge is 2.32. The maximum absolute atomic E-state index is 5.80. The van der Waals surface area contributed by atoms with E-state index in [1.54, 1.807) is 6.26 Å². The number of nitrogen functional groups attached to an aromatic ring is 1. The van der Waals surface area contributed by atoms with E-state index < -0.39 is 0 Å². The van der Waals surface area contributed by atoms with Crippen LogP contribution in [-0.2, 0) is 0 Å². The van der Waals surface area contributed by atoms with Gasteiger partial charge in [0.1, 0.15) is 5.52 Å². The number of rotatable bonds is 2. The van der Waals surface area contributed by atoms with Crippen LogP contribution < -0.4 is 16.4 Å². The molecule has 6 heteroatoms. The molecule has 1 aliphatic heterocycles. The average Bonchev–Trinajstić information content (AvgIpc) is 3.05. The number of fused-ring (bicyclic) bond motifs is 1. The van der Waals surface area contributed by atoms with Crippen molar-refractivity contribution in [2.45, 2.75) is 24.8 Å². The number of hydrogen-bond donors (Lipinski definition) is 2. The van der Waals surface area contributed by atoms with Crippen LogP contribution in [-0.4, -0.2) is 29.1 Å². The third-order valence-corrected chi connectivity index (χ3v) is 3.67. The van der Waals surface area contributed by atoms with Gasteiger partial charge in [0.05, 0.1) is 6.26 Å². The topological polar surface area (TPSA) is 94.2 Å². The van der Waals surface area contributed by atoms with E-state index in [0.717, 1.165) is 30.0 Å². The van der Waals surface area contributed by atoms with Gasteiger partial charge in [-0.3, -0.25) is 0 Å². The van der Waals surface area contributed by atoms with E-state index in [-0.39, 0.29) is 6.04 Å². The zero-order chi connectivity index (χ0) is 12.3. The van der Waals surface area contributed by atoms with E-state index in [1.165, 1.54) is 18.4 Å². The summed E-state index contributed by atoms with van der Waals surface area (Å²) in [7, 11) is 0. The minimum absolute atomic E-state index is 0.217. The Balaban J connectivity index is 1.86. The Labute approximate surface area is 104 Å². The molecule has 0 unspecified atom stereocenters. The fourth-order valence-corrected chi connectivity index (χ4v) is 2.52. The van der Waals surface area contributed by atoms with Crippen molar-refractivity contribution in [2.75, 3.05) is 23.7 Å². The molecule has 0 radical (unpaired) electrons. The van der Waals surface area contributed by atoms with Crippen molar-refractivity contribution in [1.29, 1.82) is 0 Å². The van der Waals surface area contributed by atoms with Gasteiger partial charge in [-0.15, -0.1) is 0 Å². The molecule has 0 aromatic carbocycles. The molecule has 1 saturated heterocycles. The molecule has 2 aliphatic rings. The van der Waals surface area contributed by atoms with Crippen LogP contribution in [0.25, 0.3) is 11.1 Å². The van der Waals surface area contributed by atoms with Gasteiger partial charge in [-0.2, -0.15) is 4.98 Å². The molecular weight excluding hydrogens is 230 g/mol. The summed E-state index contributed by atoms with van der Waals surface area (Å²) < 4.78 is 5.67. The van der Waals surface area contributed by atoms with E-state index >= 15 is 0 Å². The van der Waals surface area contributed by atoms with Crippen molar-refractivity contribution in [3.8, 4) is 0 Å². The summed E-state index contributed by atoms with van der Waals surface area (Å²) in [6.45, 7) is 1.59. The van der Waals surface area contributed by atoms with Crippen molar-refractivity contribution >= 4 is 22.9 Å². The fourth-order valence-electron chi connectivity index (χ4n) is 2.52. The Morgan fingerprint density at radius 1 is 1.28 bits per heavy atom. The summed E-state index contributed by atoms with van der Waals surface area (Å²) in [4.78, 5) is 10.7. The summed E-state index contributed by atoms with van der Waals surface area (Å²) in [5.74, 6) is 1.68. The van der Waals surface area contributed by atoms with Crippen LogP contribution in [0.15, 0.2) is 10.7 Å². The van der Waals surface area contributed by atoms with Gasteiger partial charge in [-0.25, -0.2) is 4.98 Å². The number of aromatic nitrogens is 2. The lowest BCUT2D eigenvalue weighted by atomic mass is 10.1. The maximum atomic E-state index is 5.80. The van der Waals surface area contributed by atoms with Gasteiger partial charge in [0, 0.05) is 24.7 Å². The molecule has 3 heterocycles. The van der Waals surface area contributed by atoms with Gasteiger partial charge < -0.3 is 20.8 Å². The Morgan fingerprint density at radius 2 is 2.06 bits per heavy atom. The van der Waals surface area contributed by atoms with E-state index in [9.17, 15) is 0 Å². The first-order chi connectivity index (χ1) is 8.72. The Morgan fingerprint density at radius 3 is 2.72 bits per heavy atom. The van der Waals surface area contributed by atoms with Crippen LogP contribution in [0.4, 0.5) is 11.8 Å². The zero-order valence-electron chi connectivity index (χ0n) is 9.97. The molecule has 1 saturated carbocycles. The van der Waals surface area contributed by atoms with Gasteiger partial charge in [0.25, 0.3) is 0 Å². The molecule has 2 aromatic rings. The number of anilines is 2. The second-order valence-electron chi connectivity index (χ2n) is 5.21. The summed E-state index contributed by atoms with van der Waals surface area (Å²) in [5.41, 5.74) is 14.4. The monoisotopic (exact) mass is 245 g/mol. The van der Waals surface area contributed by atoms with Gasteiger partial charge >= 0.3 is 0 Å². The van der Waals surface area contributed by atoms with Crippen LogP contribution in [0.3, 0.4) is 0 Å². The molecular formula is C12H15N5O. The van der Waals surface area contributed by atoms with E-state index in [1.807, 2.05) is 0 Å². The van der Waals surface area contributed by atoms with Gasteiger partial charge in [0.2, 0.25) is 5.95 Å². The molecule has 18 heavy (non-hydrogen) atoms. The minimum atomic E-state index is 0.217. The van der Waals surface area contributed by atoms with Crippen LogP contribution in [0.2, 0.25) is 0 Å². The van der Waals surface area contributed by atoms with Gasteiger partial charge in [-0.05, 0) is 18.8 Å². The number of hydrogen-bond acceptors (Lipinski definition) is 6. The number of nitrogens with zero attached hydrogens (tertiary/aromatic N) is 3. The van der Waals surface area contributed by atoms with Crippen molar-refractivity contribution < 1.29 is 4.42 Å². The van der Waals surface area contributed by atoms with Gasteiger partial charge in [-0.1, -0.05) is 0 Å². The van der Waals surface area contributed by atoms with E-state index in [0.29, 0.717) is 11.9 Å². The number of furan rings is 1. The second kappa shape index (κ2) is 3.35. The summed E-state index contributed by atoms with van der Waals surface area (Å²) in [6, 6.07) is 0.217. The fraction of sp³-hybridized carbons (Fsp3) is 0.500. The zero-order valence-corrected chi connectivity index (χ0v) is 9.97. The summed E-state index contributed by atoms with van der Waals surface area (Å²) in [5, 5.41) is 0. The first-order valence-corrected chi connectivity index (χ1v) is 6.27. The van der Waals surface area contributed by atoms with Crippen molar-refractivity contribution in [3.63, 3.8) is 0 Å². The highest BCUT2D eigenvalue weighted by Crippen LogP contribution is 2.44. The molecule has 2 fully saturated rings. The van der Waals surface area contributed by atoms with E-state index in [2.05, 4.69) is 14.9 Å². The molecule has 0 bridgehead atoms. The molecule has 1 aliphatic carbocycles. The normalized spacial score (nSPS) is 20.4. The molecule has 94 valence electrons. The number of nitrogens with two attached hydrogens (primary N) is 2. The molecule has 6 nitrogen and oxygen atoms in total. The van der Waals surface area contributed by atoms with Crippen LogP contribution >= 0.6 is 0 Å². The maximum Gasteiger partial charge on any atom is 0.222 e. The Bertz CT molecular complexity index is 612. The molecule has 0 atom stereocenters. The lowest BCUT2D eigenvalue weighted by Crippen LogP contribution is -2.56. The molecule has 4 N–H and O–H groups in total. The SMILES string of the molecule is Nc1nc(N2CC(N)C2)c2occ(C3CC3)c2n1. The quantitative estimate of drug-likeness (QED) is 0.813. The molecule has 4 rings (SSSR count). The van der Waals surface area contributed by atoms with Crippen molar-refractivity contribution in [2.24, 2.45) is 5.73 Å². The largest absolute Gasteiger partial charge is 0.458 e. The standard InChI is InChI=1S/C12H15N5O/c13-7-3-17(4-7)11-10-9(15-12(14)16-11)8(5-18-10)6-1-2-6/h5-7H,1-4,13H2,(H2,14,15,16). The van der Waals surface area contributed by atoms with E-state index in [4.69, 9.17) is 15.9 Å². The van der Waals surface area contributed by atoms with Gasteiger partial charge in [0.15, 0.2) is 11.4 Å². The highest BCUT2D eigenvalue weighted by atomic mass is 16.3.